The summed E-state index contributed by atoms with van der Waals surface area (Å²) in [7, 11) is -3.48. The van der Waals surface area contributed by atoms with Gasteiger partial charge in [-0.15, -0.1) is 0 Å². The van der Waals surface area contributed by atoms with Crippen LogP contribution in [0.2, 0.25) is 0 Å². The maximum Gasteiger partial charge on any atom is 0.253 e. The molecule has 0 saturated heterocycles. The normalized spacial score (nSPS) is 11.0. The topological polar surface area (TPSA) is 75.3 Å². The minimum Gasteiger partial charge on any atom is -0.352 e. The van der Waals surface area contributed by atoms with E-state index in [-0.39, 0.29) is 23.6 Å². The Kier molecular flexibility index (Phi) is 5.33. The Balaban J connectivity index is 2.03. The van der Waals surface area contributed by atoms with Crippen molar-refractivity contribution in [2.24, 2.45) is 0 Å². The van der Waals surface area contributed by atoms with E-state index in [2.05, 4.69) is 10.0 Å². The third kappa shape index (κ3) is 5.07. The van der Waals surface area contributed by atoms with Gasteiger partial charge in [0.25, 0.3) is 5.91 Å². The molecule has 2 aromatic carbocycles. The largest absolute Gasteiger partial charge is 0.352 e. The highest BCUT2D eigenvalue weighted by atomic mass is 32.2. The Morgan fingerprint density at radius 1 is 1.09 bits per heavy atom. The highest BCUT2D eigenvalue weighted by Crippen LogP contribution is 2.16. The molecule has 0 aliphatic rings. The molecule has 122 valence electrons. The van der Waals surface area contributed by atoms with Gasteiger partial charge >= 0.3 is 0 Å². The number of rotatable bonds is 6. The number of carbonyl (C=O) groups excluding carboxylic acids is 1. The van der Waals surface area contributed by atoms with Crippen molar-refractivity contribution in [3.8, 4) is 0 Å². The van der Waals surface area contributed by atoms with Gasteiger partial charge in [0.05, 0.1) is 17.5 Å². The van der Waals surface area contributed by atoms with E-state index in [1.807, 2.05) is 0 Å². The Labute approximate surface area is 134 Å². The molecule has 0 saturated carbocycles. The molecule has 0 bridgehead atoms. The van der Waals surface area contributed by atoms with Crippen LogP contribution in [0.3, 0.4) is 0 Å². The lowest BCUT2D eigenvalue weighted by Gasteiger charge is -2.11. The maximum atomic E-state index is 13.5. The molecule has 0 aromatic heterocycles. The summed E-state index contributed by atoms with van der Waals surface area (Å²) >= 11 is 0. The van der Waals surface area contributed by atoms with Gasteiger partial charge in [0.2, 0.25) is 10.0 Å². The number of sulfonamides is 1. The number of halogens is 1. The highest BCUT2D eigenvalue weighted by Gasteiger charge is 2.13. The van der Waals surface area contributed by atoms with Crippen molar-refractivity contribution in [1.29, 1.82) is 0 Å². The summed E-state index contributed by atoms with van der Waals surface area (Å²) in [6.07, 6.45) is 1.36. The Morgan fingerprint density at radius 2 is 1.74 bits per heavy atom. The first-order valence-electron chi connectivity index (χ1n) is 6.95. The van der Waals surface area contributed by atoms with Gasteiger partial charge in [-0.05, 0) is 30.2 Å². The molecular weight excluding hydrogens is 319 g/mol. The van der Waals surface area contributed by atoms with Gasteiger partial charge in [-0.1, -0.05) is 30.3 Å². The Morgan fingerprint density at radius 3 is 2.43 bits per heavy atom. The van der Waals surface area contributed by atoms with Crippen molar-refractivity contribution in [2.75, 3.05) is 17.5 Å². The van der Waals surface area contributed by atoms with E-state index in [1.165, 1.54) is 18.2 Å². The number of para-hydroxylation sites is 1. The molecule has 0 radical (unpaired) electrons. The van der Waals surface area contributed by atoms with Crippen molar-refractivity contribution in [2.45, 2.75) is 6.42 Å². The zero-order valence-electron chi connectivity index (χ0n) is 12.5. The molecule has 2 N–H and O–H groups in total. The van der Waals surface area contributed by atoms with Crippen LogP contribution in [0, 0.1) is 5.82 Å². The van der Waals surface area contributed by atoms with Crippen LogP contribution in [-0.2, 0) is 16.4 Å². The molecule has 23 heavy (non-hydrogen) atoms. The lowest BCUT2D eigenvalue weighted by Crippen LogP contribution is -2.27. The summed E-state index contributed by atoms with van der Waals surface area (Å²) in [5.74, 6) is -0.742. The van der Waals surface area contributed by atoms with E-state index in [0.717, 1.165) is 6.26 Å². The first-order valence-corrected chi connectivity index (χ1v) is 8.84. The van der Waals surface area contributed by atoms with Crippen LogP contribution < -0.4 is 10.0 Å². The number of carbonyl (C=O) groups is 1. The fourth-order valence-corrected chi connectivity index (χ4v) is 2.65. The average Bonchev–Trinajstić information content (AvgIpc) is 2.48. The van der Waals surface area contributed by atoms with E-state index < -0.39 is 15.9 Å². The molecule has 1 amide bonds. The molecule has 0 unspecified atom stereocenters. The summed E-state index contributed by atoms with van der Waals surface area (Å²) in [6.45, 7) is 0.243. The predicted octanol–water partition coefficient (Wildman–Crippen LogP) is 2.17. The number of amides is 1. The Bertz CT molecular complexity index is 806. The second-order valence-electron chi connectivity index (χ2n) is 5.02. The highest BCUT2D eigenvalue weighted by molar-refractivity contribution is 7.92. The first kappa shape index (κ1) is 17.0. The molecule has 7 heteroatoms. The van der Waals surface area contributed by atoms with Crippen molar-refractivity contribution in [3.05, 3.63) is 65.5 Å². The summed E-state index contributed by atoms with van der Waals surface area (Å²) < 4.78 is 38.5. The van der Waals surface area contributed by atoms with E-state index >= 15 is 0 Å². The van der Waals surface area contributed by atoms with Crippen molar-refractivity contribution < 1.29 is 17.6 Å². The fourth-order valence-electron chi connectivity index (χ4n) is 2.08. The van der Waals surface area contributed by atoms with E-state index in [4.69, 9.17) is 0 Å². The molecule has 0 aliphatic carbocycles. The van der Waals surface area contributed by atoms with Gasteiger partial charge in [0.1, 0.15) is 5.82 Å². The molecule has 0 heterocycles. The molecule has 2 rings (SSSR count). The van der Waals surface area contributed by atoms with Crippen LogP contribution in [0.1, 0.15) is 15.9 Å². The lowest BCUT2D eigenvalue weighted by atomic mass is 10.1. The van der Waals surface area contributed by atoms with Gasteiger partial charge in [-0.3, -0.25) is 9.52 Å². The molecule has 0 spiro atoms. The summed E-state index contributed by atoms with van der Waals surface area (Å²) in [4.78, 5) is 12.2. The molecule has 0 aliphatic heterocycles. The summed E-state index contributed by atoms with van der Waals surface area (Å²) in [5.41, 5.74) is 0.931. The SMILES string of the molecule is CS(=O)(=O)Nc1ccccc1C(=O)NCCc1ccccc1F. The van der Waals surface area contributed by atoms with Crippen molar-refractivity contribution >= 4 is 21.6 Å². The number of benzene rings is 2. The van der Waals surface area contributed by atoms with Crippen molar-refractivity contribution in [3.63, 3.8) is 0 Å². The van der Waals surface area contributed by atoms with Crippen LogP contribution in [-0.4, -0.2) is 27.1 Å². The molecule has 5 nitrogen and oxygen atoms in total. The molecular formula is C16H17FN2O3S. The van der Waals surface area contributed by atoms with Crippen molar-refractivity contribution in [1.82, 2.24) is 5.32 Å². The van der Waals surface area contributed by atoms with Gasteiger partial charge in [0.15, 0.2) is 0 Å². The smallest absolute Gasteiger partial charge is 0.253 e. The third-order valence-corrected chi connectivity index (χ3v) is 3.70. The number of nitrogens with one attached hydrogen (secondary N) is 2. The van der Waals surface area contributed by atoms with Crippen LogP contribution >= 0.6 is 0 Å². The number of hydrogen-bond acceptors (Lipinski definition) is 3. The Hall–Kier alpha value is -2.41. The van der Waals surface area contributed by atoms with Gasteiger partial charge < -0.3 is 5.32 Å². The summed E-state index contributed by atoms with van der Waals surface area (Å²) in [6, 6.07) is 12.6. The second kappa shape index (κ2) is 7.23. The maximum absolute atomic E-state index is 13.5. The minimum absolute atomic E-state index is 0.207. The average molecular weight is 336 g/mol. The monoisotopic (exact) mass is 336 g/mol. The van der Waals surface area contributed by atoms with Gasteiger partial charge in [0, 0.05) is 6.54 Å². The standard InChI is InChI=1S/C16H17FN2O3S/c1-23(21,22)19-15-9-5-3-7-13(15)16(20)18-11-10-12-6-2-4-8-14(12)17/h2-9,19H,10-11H2,1H3,(H,18,20). The van der Waals surface area contributed by atoms with E-state index in [0.29, 0.717) is 12.0 Å². The van der Waals surface area contributed by atoms with Crippen LogP contribution in [0.15, 0.2) is 48.5 Å². The van der Waals surface area contributed by atoms with Crippen LogP contribution in [0.25, 0.3) is 0 Å². The fraction of sp³-hybridized carbons (Fsp3) is 0.188. The zero-order valence-corrected chi connectivity index (χ0v) is 13.4. The van der Waals surface area contributed by atoms with Crippen LogP contribution in [0.5, 0.6) is 0 Å². The quantitative estimate of drug-likeness (QED) is 0.849. The third-order valence-electron chi connectivity index (χ3n) is 3.10. The van der Waals surface area contributed by atoms with Gasteiger partial charge in [-0.25, -0.2) is 12.8 Å². The van der Waals surface area contributed by atoms with E-state index in [9.17, 15) is 17.6 Å². The number of hydrogen-bond donors (Lipinski definition) is 2. The predicted molar refractivity (Wildman–Crippen MR) is 87.3 cm³/mol. The molecule has 2 aromatic rings. The molecule has 0 fully saturated rings. The van der Waals surface area contributed by atoms with E-state index in [1.54, 1.807) is 30.3 Å². The second-order valence-corrected chi connectivity index (χ2v) is 6.77. The minimum atomic E-state index is -3.48. The van der Waals surface area contributed by atoms with Gasteiger partial charge in [-0.2, -0.15) is 0 Å². The molecule has 0 atom stereocenters. The van der Waals surface area contributed by atoms with Crippen LogP contribution in [0.4, 0.5) is 10.1 Å². The number of anilines is 1. The lowest BCUT2D eigenvalue weighted by molar-refractivity contribution is 0.0955. The summed E-state index contributed by atoms with van der Waals surface area (Å²) in [5, 5.41) is 2.66. The zero-order chi connectivity index (χ0) is 16.9. The first-order chi connectivity index (χ1) is 10.9.